The first kappa shape index (κ1) is 12.6. The summed E-state index contributed by atoms with van der Waals surface area (Å²) in [4.78, 5) is 11.8. The van der Waals surface area contributed by atoms with Gasteiger partial charge in [-0.2, -0.15) is 0 Å². The van der Waals surface area contributed by atoms with Crippen LogP contribution in [0, 0.1) is 11.7 Å². The van der Waals surface area contributed by atoms with E-state index < -0.39 is 0 Å². The molecule has 2 rings (SSSR count). The first-order valence-corrected chi connectivity index (χ1v) is 6.48. The molecule has 1 nitrogen and oxygen atoms in total. The molecule has 1 saturated carbocycles. The molecule has 0 N–H and O–H groups in total. The maximum Gasteiger partial charge on any atom is 0.137 e. The number of Topliss-reactive ketones (excluding diaryl/α,β-unsaturated/α-hetero) is 1. The van der Waals surface area contributed by atoms with E-state index in [0.29, 0.717) is 22.9 Å². The van der Waals surface area contributed by atoms with Crippen molar-refractivity contribution in [3.05, 3.63) is 34.6 Å². The average Bonchev–Trinajstić information content (AvgIpc) is 2.76. The zero-order chi connectivity index (χ0) is 12.3. The number of hydrogen-bond acceptors (Lipinski definition) is 1. The van der Waals surface area contributed by atoms with Gasteiger partial charge in [0.15, 0.2) is 0 Å². The molecule has 0 atom stereocenters. The summed E-state index contributed by atoms with van der Waals surface area (Å²) in [6, 6.07) is 4.37. The van der Waals surface area contributed by atoms with Crippen LogP contribution >= 0.6 is 11.6 Å². The number of carbonyl (C=O) groups excluding carboxylic acids is 1. The average molecular weight is 255 g/mol. The van der Waals surface area contributed by atoms with Crippen LogP contribution in [0.3, 0.4) is 0 Å². The largest absolute Gasteiger partial charge is 0.299 e. The van der Waals surface area contributed by atoms with Crippen molar-refractivity contribution in [3.63, 3.8) is 0 Å². The number of ketones is 1. The Morgan fingerprint density at radius 2 is 2.06 bits per heavy atom. The fraction of sp³-hybridized carbons (Fsp3) is 0.500. The van der Waals surface area contributed by atoms with Gasteiger partial charge in [0.1, 0.15) is 11.6 Å². The lowest BCUT2D eigenvalue weighted by Gasteiger charge is -2.08. The molecule has 0 radical (unpaired) electrons. The molecule has 1 fully saturated rings. The molecule has 0 amide bonds. The zero-order valence-corrected chi connectivity index (χ0v) is 10.5. The topological polar surface area (TPSA) is 17.1 Å². The lowest BCUT2D eigenvalue weighted by molar-refractivity contribution is -0.119. The molecule has 0 unspecified atom stereocenters. The van der Waals surface area contributed by atoms with E-state index in [9.17, 15) is 9.18 Å². The molecule has 1 aromatic carbocycles. The van der Waals surface area contributed by atoms with Crippen LogP contribution < -0.4 is 0 Å². The van der Waals surface area contributed by atoms with Crippen molar-refractivity contribution in [2.45, 2.75) is 38.5 Å². The molecule has 1 aromatic rings. The van der Waals surface area contributed by atoms with Gasteiger partial charge in [0.05, 0.1) is 0 Å². The monoisotopic (exact) mass is 254 g/mol. The first-order chi connectivity index (χ1) is 8.15. The van der Waals surface area contributed by atoms with Crippen LogP contribution in [0.25, 0.3) is 0 Å². The molecule has 17 heavy (non-hydrogen) atoms. The van der Waals surface area contributed by atoms with Gasteiger partial charge in [0.2, 0.25) is 0 Å². The Morgan fingerprint density at radius 3 is 2.76 bits per heavy atom. The van der Waals surface area contributed by atoms with Crippen LogP contribution in [-0.2, 0) is 11.2 Å². The lowest BCUT2D eigenvalue weighted by atomic mass is 9.97. The Morgan fingerprint density at radius 1 is 1.35 bits per heavy atom. The second kappa shape index (κ2) is 5.63. The Labute approximate surface area is 106 Å². The highest BCUT2D eigenvalue weighted by atomic mass is 35.5. The van der Waals surface area contributed by atoms with Gasteiger partial charge in [0, 0.05) is 17.9 Å². The molecule has 92 valence electrons. The van der Waals surface area contributed by atoms with Crippen molar-refractivity contribution in [1.82, 2.24) is 0 Å². The van der Waals surface area contributed by atoms with Crippen LogP contribution in [0.1, 0.15) is 37.7 Å². The summed E-state index contributed by atoms with van der Waals surface area (Å²) in [5.41, 5.74) is 0.417. The smallest absolute Gasteiger partial charge is 0.137 e. The highest BCUT2D eigenvalue weighted by Gasteiger charge is 2.19. The maximum absolute atomic E-state index is 13.4. The summed E-state index contributed by atoms with van der Waals surface area (Å²) >= 11 is 5.79. The minimum absolute atomic E-state index is 0.123. The van der Waals surface area contributed by atoms with Crippen molar-refractivity contribution >= 4 is 17.4 Å². The van der Waals surface area contributed by atoms with E-state index in [0.717, 1.165) is 12.8 Å². The van der Waals surface area contributed by atoms with Crippen molar-refractivity contribution in [3.8, 4) is 0 Å². The van der Waals surface area contributed by atoms with Crippen LogP contribution in [0.2, 0.25) is 5.02 Å². The summed E-state index contributed by atoms with van der Waals surface area (Å²) in [6.45, 7) is 0. The van der Waals surface area contributed by atoms with Gasteiger partial charge in [-0.1, -0.05) is 37.3 Å². The molecule has 0 aliphatic heterocycles. The number of rotatable bonds is 4. The van der Waals surface area contributed by atoms with E-state index in [1.165, 1.54) is 25.0 Å². The second-order valence-electron chi connectivity index (χ2n) is 4.81. The normalized spacial score (nSPS) is 16.4. The first-order valence-electron chi connectivity index (χ1n) is 6.11. The Bertz CT molecular complexity index is 411. The minimum atomic E-state index is -0.339. The number of benzene rings is 1. The highest BCUT2D eigenvalue weighted by molar-refractivity contribution is 6.30. The summed E-state index contributed by atoms with van der Waals surface area (Å²) in [5.74, 6) is 0.303. The molecule has 1 aliphatic rings. The molecule has 0 spiro atoms. The Kier molecular flexibility index (Phi) is 4.16. The summed E-state index contributed by atoms with van der Waals surface area (Å²) in [5, 5.41) is 0.482. The molecule has 0 heterocycles. The Balaban J connectivity index is 1.95. The summed E-state index contributed by atoms with van der Waals surface area (Å²) in [7, 11) is 0. The molecule has 0 saturated heterocycles. The third kappa shape index (κ3) is 3.53. The van der Waals surface area contributed by atoms with Crippen LogP contribution in [-0.4, -0.2) is 5.78 Å². The van der Waals surface area contributed by atoms with E-state index in [1.54, 1.807) is 6.07 Å². The molecule has 0 aromatic heterocycles. The summed E-state index contributed by atoms with van der Waals surface area (Å²) in [6.07, 6.45) is 5.50. The van der Waals surface area contributed by atoms with E-state index in [2.05, 4.69) is 0 Å². The fourth-order valence-corrected chi connectivity index (χ4v) is 2.69. The fourth-order valence-electron chi connectivity index (χ4n) is 2.50. The van der Waals surface area contributed by atoms with Crippen molar-refractivity contribution in [2.75, 3.05) is 0 Å². The van der Waals surface area contributed by atoms with Crippen LogP contribution in [0.15, 0.2) is 18.2 Å². The molecule has 3 heteroatoms. The third-order valence-corrected chi connectivity index (χ3v) is 3.62. The van der Waals surface area contributed by atoms with Crippen LogP contribution in [0.5, 0.6) is 0 Å². The number of halogens is 2. The second-order valence-corrected chi connectivity index (χ2v) is 5.24. The van der Waals surface area contributed by atoms with Crippen molar-refractivity contribution in [1.29, 1.82) is 0 Å². The van der Waals surface area contributed by atoms with Gasteiger partial charge in [-0.3, -0.25) is 4.79 Å². The van der Waals surface area contributed by atoms with Gasteiger partial charge in [-0.25, -0.2) is 4.39 Å². The SMILES string of the molecule is O=C(Cc1cc(Cl)ccc1F)CC1CCCC1. The van der Waals surface area contributed by atoms with Crippen LogP contribution in [0.4, 0.5) is 4.39 Å². The predicted octanol–water partition coefficient (Wildman–Crippen LogP) is 4.17. The van der Waals surface area contributed by atoms with Gasteiger partial charge in [-0.15, -0.1) is 0 Å². The lowest BCUT2D eigenvalue weighted by Crippen LogP contribution is -2.09. The van der Waals surface area contributed by atoms with E-state index in [1.807, 2.05) is 0 Å². The quantitative estimate of drug-likeness (QED) is 0.788. The molecule has 0 bridgehead atoms. The van der Waals surface area contributed by atoms with E-state index in [-0.39, 0.29) is 18.0 Å². The van der Waals surface area contributed by atoms with Gasteiger partial charge in [-0.05, 0) is 29.7 Å². The van der Waals surface area contributed by atoms with E-state index in [4.69, 9.17) is 11.6 Å². The van der Waals surface area contributed by atoms with Gasteiger partial charge < -0.3 is 0 Å². The molecule has 1 aliphatic carbocycles. The van der Waals surface area contributed by atoms with Crippen molar-refractivity contribution in [2.24, 2.45) is 5.92 Å². The zero-order valence-electron chi connectivity index (χ0n) is 9.72. The minimum Gasteiger partial charge on any atom is -0.299 e. The highest BCUT2D eigenvalue weighted by Crippen LogP contribution is 2.28. The standard InChI is InChI=1S/C14H16ClFO/c15-12-5-6-14(16)11(8-12)9-13(17)7-10-3-1-2-4-10/h5-6,8,10H,1-4,7,9H2. The maximum atomic E-state index is 13.4. The van der Waals surface area contributed by atoms with Crippen molar-refractivity contribution < 1.29 is 9.18 Å². The number of carbonyl (C=O) groups is 1. The van der Waals surface area contributed by atoms with Gasteiger partial charge in [0.25, 0.3) is 0 Å². The Hall–Kier alpha value is -0.890. The van der Waals surface area contributed by atoms with E-state index >= 15 is 0 Å². The van der Waals surface area contributed by atoms with Gasteiger partial charge >= 0.3 is 0 Å². The molecular formula is C14H16ClFO. The predicted molar refractivity (Wildman–Crippen MR) is 66.7 cm³/mol. The summed E-state index contributed by atoms with van der Waals surface area (Å²) < 4.78 is 13.4. The third-order valence-electron chi connectivity index (χ3n) is 3.39. The number of hydrogen-bond donors (Lipinski definition) is 0. The molecular weight excluding hydrogens is 239 g/mol.